The van der Waals surface area contributed by atoms with Gasteiger partial charge in [0.25, 0.3) is 5.91 Å². The van der Waals surface area contributed by atoms with Gasteiger partial charge in [-0.15, -0.1) is 0 Å². The van der Waals surface area contributed by atoms with Gasteiger partial charge in [0, 0.05) is 28.7 Å². The van der Waals surface area contributed by atoms with Gasteiger partial charge >= 0.3 is 0 Å². The molecule has 7 heteroatoms. The van der Waals surface area contributed by atoms with Gasteiger partial charge in [-0.2, -0.15) is 0 Å². The van der Waals surface area contributed by atoms with Crippen molar-refractivity contribution in [1.82, 2.24) is 4.90 Å². The number of rotatable bonds is 4. The van der Waals surface area contributed by atoms with Crippen molar-refractivity contribution in [3.8, 4) is 0 Å². The summed E-state index contributed by atoms with van der Waals surface area (Å²) >= 11 is 18.4. The van der Waals surface area contributed by atoms with Crippen molar-refractivity contribution >= 4 is 52.3 Å². The monoisotopic (exact) mass is 410 g/mol. The number of likely N-dealkylation sites (tertiary alicyclic amines) is 1. The Kier molecular flexibility index (Phi) is 5.76. The number of anilines is 1. The van der Waals surface area contributed by atoms with Gasteiger partial charge in [-0.05, 0) is 49.2 Å². The number of amides is 2. The third-order valence-corrected chi connectivity index (χ3v) is 5.31. The number of aryl methyl sites for hydroxylation is 1. The molecule has 0 aromatic heterocycles. The maximum atomic E-state index is 13.2. The first kappa shape index (κ1) is 19.0. The second kappa shape index (κ2) is 7.87. The summed E-state index contributed by atoms with van der Waals surface area (Å²) < 4.78 is 0. The number of hydrogen-bond donors (Lipinski definition) is 0. The van der Waals surface area contributed by atoms with Crippen molar-refractivity contribution in [3.63, 3.8) is 0 Å². The Morgan fingerprint density at radius 3 is 2.50 bits per heavy atom. The summed E-state index contributed by atoms with van der Waals surface area (Å²) in [5.74, 6) is -0.283. The van der Waals surface area contributed by atoms with E-state index in [2.05, 4.69) is 0 Å². The minimum absolute atomic E-state index is 0.0308. The van der Waals surface area contributed by atoms with E-state index in [9.17, 15) is 9.59 Å². The quantitative estimate of drug-likeness (QED) is 0.695. The van der Waals surface area contributed by atoms with Crippen molar-refractivity contribution in [2.45, 2.75) is 19.8 Å². The zero-order valence-corrected chi connectivity index (χ0v) is 16.4. The summed E-state index contributed by atoms with van der Waals surface area (Å²) in [7, 11) is 0. The van der Waals surface area contributed by atoms with Crippen LogP contribution < -0.4 is 4.90 Å². The highest BCUT2D eigenvalue weighted by molar-refractivity contribution is 6.37. The van der Waals surface area contributed by atoms with Crippen LogP contribution in [-0.4, -0.2) is 29.9 Å². The Balaban J connectivity index is 1.99. The molecule has 136 valence electrons. The van der Waals surface area contributed by atoms with Gasteiger partial charge in [0.1, 0.15) is 6.67 Å². The Morgan fingerprint density at radius 1 is 1.12 bits per heavy atom. The van der Waals surface area contributed by atoms with E-state index in [4.69, 9.17) is 34.8 Å². The van der Waals surface area contributed by atoms with Crippen LogP contribution in [0.5, 0.6) is 0 Å². The largest absolute Gasteiger partial charge is 0.324 e. The zero-order chi connectivity index (χ0) is 18.8. The summed E-state index contributed by atoms with van der Waals surface area (Å²) in [6.07, 6.45) is 1.29. The molecule has 26 heavy (non-hydrogen) atoms. The van der Waals surface area contributed by atoms with Gasteiger partial charge < -0.3 is 4.90 Å². The first-order valence-corrected chi connectivity index (χ1v) is 9.31. The van der Waals surface area contributed by atoms with E-state index in [1.807, 2.05) is 19.1 Å². The Hall–Kier alpha value is -1.75. The molecule has 1 heterocycles. The predicted molar refractivity (Wildman–Crippen MR) is 105 cm³/mol. The number of carbonyl (C=O) groups excluding carboxylic acids is 2. The summed E-state index contributed by atoms with van der Waals surface area (Å²) in [5, 5.41) is 1.26. The Labute approximate surface area is 167 Å². The maximum Gasteiger partial charge on any atom is 0.261 e. The standard InChI is InChI=1S/C19H17Cl3N2O2/c1-12-4-6-14(10-16(12)21)24(11-23-8-2-3-18(23)25)19(26)15-7-5-13(20)9-17(15)22/h4-7,9-10H,2-3,8,11H2,1H3. The van der Waals surface area contributed by atoms with Crippen LogP contribution in [0.1, 0.15) is 28.8 Å². The molecule has 1 saturated heterocycles. The van der Waals surface area contributed by atoms with Gasteiger partial charge in [-0.3, -0.25) is 14.5 Å². The average molecular weight is 412 g/mol. The molecule has 0 unspecified atom stereocenters. The van der Waals surface area contributed by atoms with Crippen molar-refractivity contribution in [1.29, 1.82) is 0 Å². The van der Waals surface area contributed by atoms with E-state index >= 15 is 0 Å². The van der Waals surface area contributed by atoms with Crippen molar-refractivity contribution in [2.24, 2.45) is 0 Å². The highest BCUT2D eigenvalue weighted by atomic mass is 35.5. The van der Waals surface area contributed by atoms with Crippen LogP contribution in [0.2, 0.25) is 15.1 Å². The lowest BCUT2D eigenvalue weighted by Gasteiger charge is -2.28. The van der Waals surface area contributed by atoms with Crippen LogP contribution in [0, 0.1) is 6.92 Å². The fourth-order valence-corrected chi connectivity index (χ4v) is 3.51. The van der Waals surface area contributed by atoms with Crippen LogP contribution in [0.3, 0.4) is 0 Å². The molecule has 0 bridgehead atoms. The van der Waals surface area contributed by atoms with Gasteiger partial charge in [0.15, 0.2) is 0 Å². The molecule has 0 atom stereocenters. The second-order valence-electron chi connectivity index (χ2n) is 6.19. The predicted octanol–water partition coefficient (Wildman–Crippen LogP) is 5.18. The third kappa shape index (κ3) is 3.98. The second-order valence-corrected chi connectivity index (χ2v) is 7.44. The van der Waals surface area contributed by atoms with Crippen molar-refractivity contribution < 1.29 is 9.59 Å². The minimum Gasteiger partial charge on any atom is -0.324 e. The Bertz CT molecular complexity index is 870. The number of halogens is 3. The molecule has 1 aliphatic heterocycles. The first-order valence-electron chi connectivity index (χ1n) is 8.17. The molecule has 0 saturated carbocycles. The molecule has 0 aliphatic carbocycles. The molecule has 1 fully saturated rings. The fourth-order valence-electron chi connectivity index (χ4n) is 2.85. The van der Waals surface area contributed by atoms with Gasteiger partial charge in [0.2, 0.25) is 5.91 Å². The van der Waals surface area contributed by atoms with E-state index in [0.717, 1.165) is 12.0 Å². The third-order valence-electron chi connectivity index (χ3n) is 4.36. The van der Waals surface area contributed by atoms with E-state index < -0.39 is 0 Å². The number of carbonyl (C=O) groups is 2. The van der Waals surface area contributed by atoms with Crippen LogP contribution in [-0.2, 0) is 4.79 Å². The summed E-state index contributed by atoms with van der Waals surface area (Å²) in [4.78, 5) is 28.4. The lowest BCUT2D eigenvalue weighted by molar-refractivity contribution is -0.127. The molecule has 2 amide bonds. The number of hydrogen-bond acceptors (Lipinski definition) is 2. The normalized spacial score (nSPS) is 14.0. The van der Waals surface area contributed by atoms with Crippen molar-refractivity contribution in [3.05, 3.63) is 62.6 Å². The van der Waals surface area contributed by atoms with Gasteiger partial charge in [-0.1, -0.05) is 40.9 Å². The molecule has 0 radical (unpaired) electrons. The molecular weight excluding hydrogens is 395 g/mol. The lowest BCUT2D eigenvalue weighted by atomic mass is 10.1. The molecular formula is C19H17Cl3N2O2. The van der Waals surface area contributed by atoms with Crippen LogP contribution >= 0.6 is 34.8 Å². The SMILES string of the molecule is Cc1ccc(N(CN2CCCC2=O)C(=O)c2ccc(Cl)cc2Cl)cc1Cl. The van der Waals surface area contributed by atoms with E-state index in [-0.39, 0.29) is 23.5 Å². The topological polar surface area (TPSA) is 40.6 Å². The number of benzene rings is 2. The van der Waals surface area contributed by atoms with Gasteiger partial charge in [0.05, 0.1) is 10.6 Å². The molecule has 2 aromatic rings. The molecule has 4 nitrogen and oxygen atoms in total. The van der Waals surface area contributed by atoms with E-state index in [0.29, 0.717) is 34.3 Å². The molecule has 0 N–H and O–H groups in total. The highest BCUT2D eigenvalue weighted by Gasteiger charge is 2.27. The van der Waals surface area contributed by atoms with Crippen LogP contribution in [0.15, 0.2) is 36.4 Å². The lowest BCUT2D eigenvalue weighted by Crippen LogP contribution is -2.42. The van der Waals surface area contributed by atoms with Crippen LogP contribution in [0.25, 0.3) is 0 Å². The van der Waals surface area contributed by atoms with Crippen LogP contribution in [0.4, 0.5) is 5.69 Å². The zero-order valence-electron chi connectivity index (χ0n) is 14.1. The summed E-state index contributed by atoms with van der Waals surface area (Å²) in [6.45, 7) is 2.66. The summed E-state index contributed by atoms with van der Waals surface area (Å²) in [5.41, 5.74) is 1.83. The average Bonchev–Trinajstić information content (AvgIpc) is 2.99. The van der Waals surface area contributed by atoms with E-state index in [1.54, 1.807) is 23.1 Å². The molecule has 0 spiro atoms. The highest BCUT2D eigenvalue weighted by Crippen LogP contribution is 2.28. The minimum atomic E-state index is -0.314. The molecule has 3 rings (SSSR count). The van der Waals surface area contributed by atoms with E-state index in [1.165, 1.54) is 11.0 Å². The Morgan fingerprint density at radius 2 is 1.88 bits per heavy atom. The fraction of sp³-hybridized carbons (Fsp3) is 0.263. The number of nitrogens with zero attached hydrogens (tertiary/aromatic N) is 2. The first-order chi connectivity index (χ1) is 12.4. The molecule has 1 aliphatic rings. The maximum absolute atomic E-state index is 13.2. The smallest absolute Gasteiger partial charge is 0.261 e. The molecule has 2 aromatic carbocycles. The van der Waals surface area contributed by atoms with Gasteiger partial charge in [-0.25, -0.2) is 0 Å². The summed E-state index contributed by atoms with van der Waals surface area (Å²) in [6, 6.07) is 10.1. The van der Waals surface area contributed by atoms with Crippen molar-refractivity contribution in [2.75, 3.05) is 18.1 Å².